The highest BCUT2D eigenvalue weighted by Gasteiger charge is 2.42. The van der Waals surface area contributed by atoms with Crippen molar-refractivity contribution in [3.63, 3.8) is 0 Å². The molecule has 1 atom stereocenters. The molecule has 2 aromatic carbocycles. The van der Waals surface area contributed by atoms with E-state index in [1.54, 1.807) is 0 Å². The predicted molar refractivity (Wildman–Crippen MR) is 86.7 cm³/mol. The number of benzene rings is 2. The van der Waals surface area contributed by atoms with E-state index in [1.807, 2.05) is 60.7 Å². The Hall–Kier alpha value is -2.17. The summed E-state index contributed by atoms with van der Waals surface area (Å²) >= 11 is 0. The van der Waals surface area contributed by atoms with Crippen LogP contribution in [0, 0.1) is 0 Å². The van der Waals surface area contributed by atoms with Gasteiger partial charge in [-0.2, -0.15) is 0 Å². The molecule has 0 bridgehead atoms. The number of aliphatic hydroxyl groups is 1. The van der Waals surface area contributed by atoms with Gasteiger partial charge in [0.1, 0.15) is 6.10 Å². The fraction of sp³-hybridized carbons (Fsp3) is 0.278. The van der Waals surface area contributed by atoms with Crippen LogP contribution in [0.2, 0.25) is 0 Å². The molecule has 0 amide bonds. The van der Waals surface area contributed by atoms with E-state index in [1.165, 1.54) is 0 Å². The lowest BCUT2D eigenvalue weighted by atomic mass is 9.86. The smallest absolute Gasteiger partial charge is 0.226 e. The minimum absolute atomic E-state index is 0.0565. The molecule has 1 aliphatic rings. The summed E-state index contributed by atoms with van der Waals surface area (Å²) in [6, 6.07) is 19.0. The summed E-state index contributed by atoms with van der Waals surface area (Å²) in [4.78, 5) is 4.45. The van der Waals surface area contributed by atoms with Crippen molar-refractivity contribution in [2.24, 2.45) is 10.7 Å². The summed E-state index contributed by atoms with van der Waals surface area (Å²) in [5, 5.41) is 11.5. The second kappa shape index (κ2) is 6.30. The van der Waals surface area contributed by atoms with E-state index in [-0.39, 0.29) is 6.10 Å². The lowest BCUT2D eigenvalue weighted by molar-refractivity contribution is 0.103. The molecule has 1 heterocycles. The first kappa shape index (κ1) is 14.8. The topological polar surface area (TPSA) is 67.8 Å². The van der Waals surface area contributed by atoms with Crippen molar-refractivity contribution in [1.29, 1.82) is 0 Å². The Balaban J connectivity index is 2.02. The van der Waals surface area contributed by atoms with E-state index in [4.69, 9.17) is 10.5 Å². The highest BCUT2D eigenvalue weighted by molar-refractivity contribution is 5.91. The molecule has 0 fully saturated rings. The quantitative estimate of drug-likeness (QED) is 0.887. The summed E-state index contributed by atoms with van der Waals surface area (Å²) in [6.45, 7) is 1.08. The molecule has 4 heteroatoms. The van der Waals surface area contributed by atoms with Gasteiger partial charge in [0, 0.05) is 0 Å². The maximum absolute atomic E-state index is 11.5. The van der Waals surface area contributed by atoms with Gasteiger partial charge in [-0.25, -0.2) is 4.99 Å². The third-order valence-electron chi connectivity index (χ3n) is 3.90. The minimum atomic E-state index is -1.37. The summed E-state index contributed by atoms with van der Waals surface area (Å²) in [7, 11) is 0. The van der Waals surface area contributed by atoms with Gasteiger partial charge in [-0.3, -0.25) is 0 Å². The molecular weight excluding hydrogens is 276 g/mol. The second-order valence-corrected chi connectivity index (χ2v) is 5.41. The number of hydrogen-bond donors (Lipinski definition) is 2. The van der Waals surface area contributed by atoms with Crippen LogP contribution in [-0.2, 0) is 10.3 Å². The molecule has 0 radical (unpaired) electrons. The van der Waals surface area contributed by atoms with Crippen LogP contribution >= 0.6 is 0 Å². The van der Waals surface area contributed by atoms with Crippen molar-refractivity contribution in [1.82, 2.24) is 0 Å². The van der Waals surface area contributed by atoms with Gasteiger partial charge in [0.25, 0.3) is 0 Å². The molecule has 0 aliphatic carbocycles. The van der Waals surface area contributed by atoms with Gasteiger partial charge in [-0.1, -0.05) is 60.7 Å². The molecule has 0 spiro atoms. The Morgan fingerprint density at radius 1 is 1.05 bits per heavy atom. The first-order valence-corrected chi connectivity index (χ1v) is 7.50. The van der Waals surface area contributed by atoms with Crippen LogP contribution in [0.5, 0.6) is 0 Å². The van der Waals surface area contributed by atoms with E-state index in [9.17, 15) is 5.11 Å². The lowest BCUT2D eigenvalue weighted by Gasteiger charge is -2.29. The first-order valence-electron chi connectivity index (χ1n) is 7.50. The van der Waals surface area contributed by atoms with Crippen molar-refractivity contribution in [2.75, 3.05) is 13.1 Å². The fourth-order valence-corrected chi connectivity index (χ4v) is 2.73. The fourth-order valence-electron chi connectivity index (χ4n) is 2.73. The normalized spacial score (nSPS) is 17.9. The number of hydrogen-bond acceptors (Lipinski definition) is 4. The highest BCUT2D eigenvalue weighted by atomic mass is 16.5. The SMILES string of the molecule is NCCC1CN=C(C(O)(c2ccccc2)c2ccccc2)O1. The number of ether oxygens (including phenoxy) is 1. The lowest BCUT2D eigenvalue weighted by Crippen LogP contribution is -2.38. The van der Waals surface area contributed by atoms with Gasteiger partial charge in [0.05, 0.1) is 6.54 Å². The monoisotopic (exact) mass is 296 g/mol. The van der Waals surface area contributed by atoms with Crippen molar-refractivity contribution in [3.8, 4) is 0 Å². The van der Waals surface area contributed by atoms with Crippen LogP contribution < -0.4 is 5.73 Å². The van der Waals surface area contributed by atoms with E-state index in [0.717, 1.165) is 17.5 Å². The van der Waals surface area contributed by atoms with E-state index < -0.39 is 5.60 Å². The first-order chi connectivity index (χ1) is 10.7. The summed E-state index contributed by atoms with van der Waals surface area (Å²) in [6.07, 6.45) is 0.672. The van der Waals surface area contributed by atoms with Crippen molar-refractivity contribution in [2.45, 2.75) is 18.1 Å². The van der Waals surface area contributed by atoms with Crippen LogP contribution in [0.25, 0.3) is 0 Å². The van der Waals surface area contributed by atoms with Crippen LogP contribution in [0.3, 0.4) is 0 Å². The molecule has 22 heavy (non-hydrogen) atoms. The molecule has 4 nitrogen and oxygen atoms in total. The third kappa shape index (κ3) is 2.63. The molecule has 2 aromatic rings. The summed E-state index contributed by atoms with van der Waals surface area (Å²) < 4.78 is 5.90. The maximum Gasteiger partial charge on any atom is 0.226 e. The van der Waals surface area contributed by atoms with Crippen LogP contribution in [-0.4, -0.2) is 30.2 Å². The van der Waals surface area contributed by atoms with E-state index in [2.05, 4.69) is 4.99 Å². The average Bonchev–Trinajstić information content (AvgIpc) is 3.05. The standard InChI is InChI=1S/C18H20N2O2/c19-12-11-16-13-20-17(22-16)18(21,14-7-3-1-4-8-14)15-9-5-2-6-10-15/h1-10,16,21H,11-13,19H2. The second-order valence-electron chi connectivity index (χ2n) is 5.41. The molecule has 1 aliphatic heterocycles. The molecule has 0 saturated heterocycles. The Morgan fingerprint density at radius 2 is 1.59 bits per heavy atom. The highest BCUT2D eigenvalue weighted by Crippen LogP contribution is 2.34. The molecule has 3 rings (SSSR count). The van der Waals surface area contributed by atoms with Gasteiger partial charge < -0.3 is 15.6 Å². The van der Waals surface area contributed by atoms with E-state index in [0.29, 0.717) is 19.0 Å². The van der Waals surface area contributed by atoms with Gasteiger partial charge in [0.2, 0.25) is 5.90 Å². The largest absolute Gasteiger partial charge is 0.473 e. The van der Waals surface area contributed by atoms with Crippen molar-refractivity contribution >= 4 is 5.90 Å². The Labute approximate surface area is 130 Å². The minimum Gasteiger partial charge on any atom is -0.473 e. The van der Waals surface area contributed by atoms with Gasteiger partial charge >= 0.3 is 0 Å². The van der Waals surface area contributed by atoms with Crippen LogP contribution in [0.4, 0.5) is 0 Å². The zero-order valence-corrected chi connectivity index (χ0v) is 12.4. The van der Waals surface area contributed by atoms with Crippen LogP contribution in [0.1, 0.15) is 17.5 Å². The Bertz CT molecular complexity index is 601. The zero-order chi connectivity index (χ0) is 15.4. The van der Waals surface area contributed by atoms with Gasteiger partial charge in [0.15, 0.2) is 5.60 Å². The molecular formula is C18H20N2O2. The Kier molecular flexibility index (Phi) is 4.22. The number of nitrogens with two attached hydrogens (primary N) is 1. The summed E-state index contributed by atoms with van der Waals surface area (Å²) in [5.41, 5.74) is 5.71. The molecule has 114 valence electrons. The zero-order valence-electron chi connectivity index (χ0n) is 12.4. The number of aliphatic imine (C=N–C) groups is 1. The molecule has 0 aromatic heterocycles. The molecule has 1 unspecified atom stereocenters. The average molecular weight is 296 g/mol. The number of nitrogens with zero attached hydrogens (tertiary/aromatic N) is 1. The van der Waals surface area contributed by atoms with Crippen molar-refractivity contribution in [3.05, 3.63) is 71.8 Å². The maximum atomic E-state index is 11.5. The van der Waals surface area contributed by atoms with Gasteiger partial charge in [-0.05, 0) is 24.1 Å². The Morgan fingerprint density at radius 3 is 2.09 bits per heavy atom. The number of rotatable bonds is 5. The molecule has 3 N–H and O–H groups in total. The predicted octanol–water partition coefficient (Wildman–Crippen LogP) is 2.07. The van der Waals surface area contributed by atoms with Gasteiger partial charge in [-0.15, -0.1) is 0 Å². The van der Waals surface area contributed by atoms with Crippen LogP contribution in [0.15, 0.2) is 65.7 Å². The summed E-state index contributed by atoms with van der Waals surface area (Å²) in [5.74, 6) is 0.350. The van der Waals surface area contributed by atoms with Crippen molar-refractivity contribution < 1.29 is 9.84 Å². The third-order valence-corrected chi connectivity index (χ3v) is 3.90. The molecule has 0 saturated carbocycles. The van der Waals surface area contributed by atoms with E-state index >= 15 is 0 Å².